The molecule has 12 heteroatoms. The highest BCUT2D eigenvalue weighted by molar-refractivity contribution is 14.2. The Hall–Kier alpha value is -1.82. The molecule has 0 aliphatic heterocycles. The molecule has 1 atom stereocenters. The van der Waals surface area contributed by atoms with Crippen LogP contribution in [0.25, 0.3) is 10.3 Å². The van der Waals surface area contributed by atoms with E-state index in [1.807, 2.05) is 29.8 Å². The van der Waals surface area contributed by atoms with Gasteiger partial charge in [-0.2, -0.15) is 9.97 Å². The molecule has 1 amide bonds. The Morgan fingerprint density at radius 2 is 1.89 bits per heavy atom. The third-order valence-electron chi connectivity index (χ3n) is 6.02. The molecular formula is C24H32IN6O3PS. The fraction of sp³-hybridized carbons (Fsp3) is 0.500. The van der Waals surface area contributed by atoms with Gasteiger partial charge in [0, 0.05) is 18.2 Å². The van der Waals surface area contributed by atoms with Crippen LogP contribution in [0.4, 0.5) is 17.5 Å². The van der Waals surface area contributed by atoms with E-state index >= 15 is 0 Å². The van der Waals surface area contributed by atoms with Gasteiger partial charge in [0.1, 0.15) is 16.9 Å². The molecule has 2 aromatic heterocycles. The van der Waals surface area contributed by atoms with Crippen LogP contribution in [0.1, 0.15) is 64.2 Å². The molecule has 1 unspecified atom stereocenters. The number of amides is 1. The van der Waals surface area contributed by atoms with E-state index in [9.17, 15) is 4.79 Å². The first-order valence-electron chi connectivity index (χ1n) is 12.4. The van der Waals surface area contributed by atoms with Gasteiger partial charge in [0.05, 0.1) is 12.1 Å². The SMILES string of the molecule is O=C(CCCCCCOc1ccc(Nc2nc(NC3CCCCC3)c3scnc3n2)cc1)NOPI. The highest BCUT2D eigenvalue weighted by atomic mass is 127. The van der Waals surface area contributed by atoms with Crippen molar-refractivity contribution in [2.24, 2.45) is 0 Å². The predicted molar refractivity (Wildman–Crippen MR) is 156 cm³/mol. The second-order valence-electron chi connectivity index (χ2n) is 8.75. The van der Waals surface area contributed by atoms with Crippen LogP contribution in [0.5, 0.6) is 5.75 Å². The van der Waals surface area contributed by atoms with Crippen molar-refractivity contribution < 1.29 is 14.2 Å². The van der Waals surface area contributed by atoms with E-state index in [0.717, 1.165) is 47.6 Å². The molecular weight excluding hydrogens is 610 g/mol. The Balaban J connectivity index is 1.22. The van der Waals surface area contributed by atoms with Crippen molar-refractivity contribution in [1.82, 2.24) is 20.4 Å². The van der Waals surface area contributed by atoms with Crippen LogP contribution in [-0.2, 0) is 9.42 Å². The summed E-state index contributed by atoms with van der Waals surface area (Å²) in [6.45, 7) is 0.888. The number of unbranched alkanes of at least 4 members (excludes halogenated alkanes) is 3. The summed E-state index contributed by atoms with van der Waals surface area (Å²) >= 11 is 3.64. The Kier molecular flexibility index (Phi) is 11.2. The minimum atomic E-state index is -0.0577. The second kappa shape index (κ2) is 14.8. The molecule has 1 aliphatic rings. The molecule has 0 radical (unpaired) electrons. The molecule has 1 aromatic carbocycles. The monoisotopic (exact) mass is 642 g/mol. The fourth-order valence-corrected chi connectivity index (χ4v) is 5.34. The number of hydroxylamine groups is 1. The first-order valence-corrected chi connectivity index (χ1v) is 17.3. The number of anilines is 3. The van der Waals surface area contributed by atoms with E-state index in [4.69, 9.17) is 14.3 Å². The molecule has 1 saturated carbocycles. The van der Waals surface area contributed by atoms with Crippen molar-refractivity contribution in [3.05, 3.63) is 29.8 Å². The van der Waals surface area contributed by atoms with Gasteiger partial charge in [0.15, 0.2) is 11.5 Å². The number of carbonyl (C=O) groups is 1. The zero-order chi connectivity index (χ0) is 25.0. The first-order chi connectivity index (χ1) is 17.7. The largest absolute Gasteiger partial charge is 0.494 e. The molecule has 1 aliphatic carbocycles. The quantitative estimate of drug-likeness (QED) is 0.0755. The predicted octanol–water partition coefficient (Wildman–Crippen LogP) is 6.90. The molecule has 3 N–H and O–H groups in total. The van der Waals surface area contributed by atoms with Crippen molar-refractivity contribution >= 4 is 73.5 Å². The van der Waals surface area contributed by atoms with E-state index in [1.165, 1.54) is 32.1 Å². The van der Waals surface area contributed by atoms with Crippen molar-refractivity contribution in [3.8, 4) is 5.75 Å². The number of nitrogens with zero attached hydrogens (tertiary/aromatic N) is 3. The number of ether oxygens (including phenoxy) is 1. The van der Waals surface area contributed by atoms with Gasteiger partial charge >= 0.3 is 0 Å². The summed E-state index contributed by atoms with van der Waals surface area (Å²) in [6, 6.07) is 8.29. The molecule has 36 heavy (non-hydrogen) atoms. The lowest BCUT2D eigenvalue weighted by atomic mass is 9.95. The van der Waals surface area contributed by atoms with Crippen LogP contribution in [0.2, 0.25) is 0 Å². The Morgan fingerprint density at radius 1 is 1.08 bits per heavy atom. The molecule has 4 rings (SSSR count). The van der Waals surface area contributed by atoms with E-state index in [1.54, 1.807) is 11.3 Å². The zero-order valence-corrected chi connectivity index (χ0v) is 24.1. The number of fused-ring (bicyclic) bond motifs is 1. The summed E-state index contributed by atoms with van der Waals surface area (Å²) in [5.41, 5.74) is 5.85. The number of carbonyl (C=O) groups excluding carboxylic acids is 1. The van der Waals surface area contributed by atoms with Gasteiger partial charge in [-0.25, -0.2) is 15.1 Å². The Labute approximate surface area is 230 Å². The summed E-state index contributed by atoms with van der Waals surface area (Å²) in [5.74, 6) is 2.17. The van der Waals surface area contributed by atoms with Gasteiger partial charge in [0.25, 0.3) is 0 Å². The number of rotatable bonds is 14. The van der Waals surface area contributed by atoms with Gasteiger partial charge in [-0.15, -0.1) is 11.3 Å². The number of halogens is 1. The molecule has 0 spiro atoms. The van der Waals surface area contributed by atoms with Crippen LogP contribution in [-0.4, -0.2) is 33.5 Å². The zero-order valence-electron chi connectivity index (χ0n) is 20.1. The molecule has 194 valence electrons. The van der Waals surface area contributed by atoms with E-state index < -0.39 is 0 Å². The topological polar surface area (TPSA) is 110 Å². The summed E-state index contributed by atoms with van der Waals surface area (Å²) < 4.78 is 11.8. The van der Waals surface area contributed by atoms with Gasteiger partial charge in [0.2, 0.25) is 11.9 Å². The van der Waals surface area contributed by atoms with E-state index in [0.29, 0.717) is 30.7 Å². The highest BCUT2D eigenvalue weighted by Gasteiger charge is 2.17. The molecule has 2 heterocycles. The average molecular weight is 643 g/mol. The smallest absolute Gasteiger partial charge is 0.243 e. The summed E-state index contributed by atoms with van der Waals surface area (Å²) in [5, 5.41) is 6.94. The summed E-state index contributed by atoms with van der Waals surface area (Å²) in [4.78, 5) is 25.3. The van der Waals surface area contributed by atoms with Crippen LogP contribution in [0.3, 0.4) is 0 Å². The van der Waals surface area contributed by atoms with E-state index in [2.05, 4.69) is 48.1 Å². The second-order valence-corrected chi connectivity index (χ2v) is 11.3. The standard InChI is InChI=1S/C24H32IN6O3PS/c25-35-34-31-20(32)10-6-1-2-7-15-33-19-13-11-18(12-14-19)28-24-29-22-21(36-16-26-22)23(30-24)27-17-8-4-3-5-9-17/h11-14,16-17,35H,1-10,15H2,(H,31,32)(H2,27,28,29,30). The number of aromatic nitrogens is 3. The molecule has 0 bridgehead atoms. The lowest BCUT2D eigenvalue weighted by molar-refractivity contribution is -0.127. The maximum Gasteiger partial charge on any atom is 0.243 e. The van der Waals surface area contributed by atoms with Gasteiger partial charge < -0.3 is 15.4 Å². The number of hydrogen-bond acceptors (Lipinski definition) is 9. The average Bonchev–Trinajstić information content (AvgIpc) is 3.37. The third kappa shape index (κ3) is 8.64. The normalized spacial score (nSPS) is 14.4. The van der Waals surface area contributed by atoms with Crippen LogP contribution in [0, 0.1) is 0 Å². The van der Waals surface area contributed by atoms with Gasteiger partial charge in [-0.05, 0) is 72.0 Å². The van der Waals surface area contributed by atoms with Crippen LogP contribution < -0.4 is 20.9 Å². The highest BCUT2D eigenvalue weighted by Crippen LogP contribution is 2.29. The lowest BCUT2D eigenvalue weighted by Gasteiger charge is -2.23. The summed E-state index contributed by atoms with van der Waals surface area (Å²) in [7, 11) is 0. The summed E-state index contributed by atoms with van der Waals surface area (Å²) in [6.07, 6.45) is 10.5. The van der Waals surface area contributed by atoms with Crippen molar-refractivity contribution in [3.63, 3.8) is 0 Å². The van der Waals surface area contributed by atoms with Crippen molar-refractivity contribution in [1.29, 1.82) is 0 Å². The number of hydrogen-bond donors (Lipinski definition) is 3. The number of thiazole rings is 1. The lowest BCUT2D eigenvalue weighted by Crippen LogP contribution is -2.23. The molecule has 1 fully saturated rings. The molecule has 0 saturated heterocycles. The van der Waals surface area contributed by atoms with Gasteiger partial charge in [-0.1, -0.05) is 32.1 Å². The number of benzene rings is 1. The number of nitrogens with one attached hydrogen (secondary N) is 3. The molecule has 3 aromatic rings. The fourth-order valence-electron chi connectivity index (χ4n) is 4.18. The Morgan fingerprint density at radius 3 is 2.69 bits per heavy atom. The van der Waals surface area contributed by atoms with Crippen molar-refractivity contribution in [2.75, 3.05) is 17.2 Å². The van der Waals surface area contributed by atoms with Crippen molar-refractivity contribution in [2.45, 2.75) is 70.3 Å². The minimum Gasteiger partial charge on any atom is -0.494 e. The van der Waals surface area contributed by atoms with E-state index in [-0.39, 0.29) is 12.4 Å². The maximum atomic E-state index is 11.5. The van der Waals surface area contributed by atoms with Crippen LogP contribution >= 0.6 is 39.8 Å². The van der Waals surface area contributed by atoms with Crippen LogP contribution in [0.15, 0.2) is 29.8 Å². The third-order valence-corrected chi connectivity index (χ3v) is 7.68. The molecule has 9 nitrogen and oxygen atoms in total. The Bertz CT molecular complexity index is 1100. The van der Waals surface area contributed by atoms with Gasteiger partial charge in [-0.3, -0.25) is 4.79 Å². The first kappa shape index (κ1) is 27.2. The minimum absolute atomic E-state index is 0.0577. The maximum absolute atomic E-state index is 11.5.